The summed E-state index contributed by atoms with van der Waals surface area (Å²) in [6.45, 7) is 2.85. The molecule has 5 nitrogen and oxygen atoms in total. The maximum atomic E-state index is 11.5. The summed E-state index contributed by atoms with van der Waals surface area (Å²) in [4.78, 5) is 12.6. The molecule has 0 aromatic rings. The topological polar surface area (TPSA) is 78.2 Å². The summed E-state index contributed by atoms with van der Waals surface area (Å²) in [5.74, 6) is -0.554. The van der Waals surface area contributed by atoms with Crippen molar-refractivity contribution in [2.45, 2.75) is 25.1 Å². The van der Waals surface area contributed by atoms with Crippen LogP contribution in [0.2, 0.25) is 0 Å². The van der Waals surface area contributed by atoms with Crippen LogP contribution < -0.4 is 0 Å². The van der Waals surface area contributed by atoms with Gasteiger partial charge in [-0.1, -0.05) is 0 Å². The number of nitrogens with zero attached hydrogens (tertiary/aromatic N) is 2. The maximum Gasteiger partial charge on any atom is 0.241 e. The van der Waals surface area contributed by atoms with Crippen LogP contribution in [-0.2, 0) is 14.6 Å². The minimum Gasteiger partial charge on any atom is -0.329 e. The van der Waals surface area contributed by atoms with Crippen LogP contribution in [-0.4, -0.2) is 43.8 Å². The van der Waals surface area contributed by atoms with Crippen LogP contribution >= 0.6 is 0 Å². The standard InChI is InChI=1S/C8H14N2O3S/c1-6(5-9)10(3)8(11)7(2)14(4,12)13/h6-7H,1-4H3. The largest absolute Gasteiger partial charge is 0.329 e. The van der Waals surface area contributed by atoms with E-state index >= 15 is 0 Å². The molecule has 0 fully saturated rings. The van der Waals surface area contributed by atoms with Crippen LogP contribution in [0.1, 0.15) is 13.8 Å². The van der Waals surface area contributed by atoms with Crippen LogP contribution in [0.25, 0.3) is 0 Å². The zero-order valence-corrected chi connectivity index (χ0v) is 9.50. The van der Waals surface area contributed by atoms with Gasteiger partial charge in [-0.05, 0) is 13.8 Å². The van der Waals surface area contributed by atoms with E-state index in [1.165, 1.54) is 20.9 Å². The van der Waals surface area contributed by atoms with Gasteiger partial charge < -0.3 is 4.90 Å². The van der Waals surface area contributed by atoms with E-state index in [0.717, 1.165) is 11.2 Å². The summed E-state index contributed by atoms with van der Waals surface area (Å²) in [5, 5.41) is 7.45. The van der Waals surface area contributed by atoms with E-state index in [2.05, 4.69) is 0 Å². The molecule has 2 unspecified atom stereocenters. The van der Waals surface area contributed by atoms with Crippen LogP contribution in [0.15, 0.2) is 0 Å². The highest BCUT2D eigenvalue weighted by atomic mass is 32.2. The molecule has 0 spiro atoms. The third-order valence-corrected chi connectivity index (χ3v) is 3.59. The lowest BCUT2D eigenvalue weighted by Gasteiger charge is -2.22. The fraction of sp³-hybridized carbons (Fsp3) is 0.750. The molecule has 0 aliphatic rings. The molecular formula is C8H14N2O3S. The van der Waals surface area contributed by atoms with Gasteiger partial charge >= 0.3 is 0 Å². The van der Waals surface area contributed by atoms with Gasteiger partial charge in [0.05, 0.1) is 6.07 Å². The van der Waals surface area contributed by atoms with Crippen LogP contribution in [0.3, 0.4) is 0 Å². The number of sulfone groups is 1. The number of hydrogen-bond acceptors (Lipinski definition) is 4. The molecule has 0 saturated heterocycles. The van der Waals surface area contributed by atoms with Crippen molar-refractivity contribution in [2.75, 3.05) is 13.3 Å². The summed E-state index contributed by atoms with van der Waals surface area (Å²) >= 11 is 0. The number of hydrogen-bond donors (Lipinski definition) is 0. The molecule has 2 atom stereocenters. The van der Waals surface area contributed by atoms with Crippen LogP contribution in [0.5, 0.6) is 0 Å². The fourth-order valence-electron chi connectivity index (χ4n) is 0.747. The van der Waals surface area contributed by atoms with Crippen molar-refractivity contribution in [1.82, 2.24) is 4.90 Å². The van der Waals surface area contributed by atoms with Crippen molar-refractivity contribution >= 4 is 15.7 Å². The van der Waals surface area contributed by atoms with Gasteiger partial charge in [0.1, 0.15) is 11.3 Å². The third-order valence-electron chi connectivity index (χ3n) is 2.11. The Bertz CT molecular complexity index is 355. The van der Waals surface area contributed by atoms with Crippen molar-refractivity contribution in [3.05, 3.63) is 0 Å². The molecule has 14 heavy (non-hydrogen) atoms. The van der Waals surface area contributed by atoms with Crippen molar-refractivity contribution in [3.63, 3.8) is 0 Å². The Morgan fingerprint density at radius 1 is 1.43 bits per heavy atom. The molecule has 0 heterocycles. The minimum atomic E-state index is -3.39. The monoisotopic (exact) mass is 218 g/mol. The lowest BCUT2D eigenvalue weighted by atomic mass is 10.3. The predicted molar refractivity (Wildman–Crippen MR) is 52.2 cm³/mol. The second-order valence-electron chi connectivity index (χ2n) is 3.23. The van der Waals surface area contributed by atoms with E-state index in [0.29, 0.717) is 0 Å². The average Bonchev–Trinajstić information content (AvgIpc) is 2.11. The Hall–Kier alpha value is -1.09. The highest BCUT2D eigenvalue weighted by Crippen LogP contribution is 2.05. The lowest BCUT2D eigenvalue weighted by Crippen LogP contribution is -2.42. The number of rotatable bonds is 3. The molecule has 1 amide bonds. The maximum absolute atomic E-state index is 11.5. The first kappa shape index (κ1) is 12.9. The van der Waals surface area contributed by atoms with Gasteiger partial charge in [0.2, 0.25) is 5.91 Å². The predicted octanol–water partition coefficient (Wildman–Crippen LogP) is -0.210. The zero-order chi connectivity index (χ0) is 11.5. The first-order valence-electron chi connectivity index (χ1n) is 4.07. The van der Waals surface area contributed by atoms with Gasteiger partial charge in [-0.2, -0.15) is 5.26 Å². The Morgan fingerprint density at radius 2 is 1.86 bits per heavy atom. The summed E-state index contributed by atoms with van der Waals surface area (Å²) in [6.07, 6.45) is 1.00. The van der Waals surface area contributed by atoms with E-state index < -0.39 is 27.0 Å². The van der Waals surface area contributed by atoms with Crippen LogP contribution in [0.4, 0.5) is 0 Å². The molecule has 0 saturated carbocycles. The van der Waals surface area contributed by atoms with Gasteiger partial charge in [-0.25, -0.2) is 8.42 Å². The molecule has 0 bridgehead atoms. The van der Waals surface area contributed by atoms with Gasteiger partial charge in [-0.15, -0.1) is 0 Å². The molecular weight excluding hydrogens is 204 g/mol. The second-order valence-corrected chi connectivity index (χ2v) is 5.59. The van der Waals surface area contributed by atoms with Crippen molar-refractivity contribution < 1.29 is 13.2 Å². The van der Waals surface area contributed by atoms with E-state index in [4.69, 9.17) is 5.26 Å². The number of carbonyl (C=O) groups is 1. The smallest absolute Gasteiger partial charge is 0.241 e. The van der Waals surface area contributed by atoms with Gasteiger partial charge in [0.15, 0.2) is 9.84 Å². The summed E-state index contributed by atoms with van der Waals surface area (Å²) in [7, 11) is -1.97. The van der Waals surface area contributed by atoms with Gasteiger partial charge in [0, 0.05) is 13.3 Å². The van der Waals surface area contributed by atoms with Crippen molar-refractivity contribution in [2.24, 2.45) is 0 Å². The zero-order valence-electron chi connectivity index (χ0n) is 8.68. The molecule has 0 aliphatic carbocycles. The van der Waals surface area contributed by atoms with E-state index in [1.54, 1.807) is 0 Å². The molecule has 0 aromatic carbocycles. The molecule has 80 valence electrons. The highest BCUT2D eigenvalue weighted by Gasteiger charge is 2.28. The minimum absolute atomic E-state index is 0.554. The Labute approximate surface area is 84.2 Å². The summed E-state index contributed by atoms with van der Waals surface area (Å²) in [6, 6.07) is 1.24. The lowest BCUT2D eigenvalue weighted by molar-refractivity contribution is -0.130. The second kappa shape index (κ2) is 4.42. The van der Waals surface area contributed by atoms with Crippen LogP contribution in [0, 0.1) is 11.3 Å². The third kappa shape index (κ3) is 3.00. The summed E-state index contributed by atoms with van der Waals surface area (Å²) < 4.78 is 22.1. The highest BCUT2D eigenvalue weighted by molar-refractivity contribution is 7.92. The average molecular weight is 218 g/mol. The molecule has 6 heteroatoms. The first-order chi connectivity index (χ1) is 6.21. The van der Waals surface area contributed by atoms with Crippen molar-refractivity contribution in [1.29, 1.82) is 5.26 Å². The van der Waals surface area contributed by atoms with Gasteiger partial charge in [0.25, 0.3) is 0 Å². The molecule has 0 aliphatic heterocycles. The first-order valence-corrected chi connectivity index (χ1v) is 6.02. The number of nitriles is 1. The van der Waals surface area contributed by atoms with E-state index in [1.807, 2.05) is 6.07 Å². The van der Waals surface area contributed by atoms with Gasteiger partial charge in [-0.3, -0.25) is 4.79 Å². The Balaban J connectivity index is 4.75. The molecule has 0 radical (unpaired) electrons. The van der Waals surface area contributed by atoms with E-state index in [9.17, 15) is 13.2 Å². The molecule has 0 rings (SSSR count). The van der Waals surface area contributed by atoms with Crippen molar-refractivity contribution in [3.8, 4) is 6.07 Å². The number of amides is 1. The quantitative estimate of drug-likeness (QED) is 0.656. The van der Waals surface area contributed by atoms with E-state index in [-0.39, 0.29) is 0 Å². The Kier molecular flexibility index (Phi) is 4.08. The number of carbonyl (C=O) groups excluding carboxylic acids is 1. The summed E-state index contributed by atoms with van der Waals surface area (Å²) in [5.41, 5.74) is 0. The SMILES string of the molecule is CC(C#N)N(C)C(=O)C(C)S(C)(=O)=O. The normalized spacial score (nSPS) is 15.4. The Morgan fingerprint density at radius 3 is 2.14 bits per heavy atom. The molecule has 0 aromatic heterocycles. The molecule has 0 N–H and O–H groups in total. The fourth-order valence-corrected chi connectivity index (χ4v) is 1.28.